The zero-order valence-corrected chi connectivity index (χ0v) is 18.2. The van der Waals surface area contributed by atoms with Crippen LogP contribution in [0.15, 0.2) is 72.8 Å². The predicted octanol–water partition coefficient (Wildman–Crippen LogP) is 5.70. The number of fused-ring (bicyclic) bond motifs is 1. The lowest BCUT2D eigenvalue weighted by Crippen LogP contribution is -2.37. The number of para-hydroxylation sites is 1. The SMILES string of the molecule is O=C1[C@@H]2[C@@H](c3ccc(Cl)cc3)N(c3ccccc3)O[C@H]2C(=O)N1c1ccc(Cl)cc1Cl. The molecule has 0 aromatic heterocycles. The summed E-state index contributed by atoms with van der Waals surface area (Å²) in [4.78, 5) is 34.0. The van der Waals surface area contributed by atoms with Gasteiger partial charge in [-0.1, -0.05) is 65.1 Å². The Balaban J connectivity index is 1.59. The molecule has 0 unspecified atom stereocenters. The number of nitrogens with zero attached hydrogens (tertiary/aromatic N) is 2. The van der Waals surface area contributed by atoms with Gasteiger partial charge in [-0.25, -0.2) is 9.96 Å². The van der Waals surface area contributed by atoms with E-state index in [9.17, 15) is 9.59 Å². The van der Waals surface area contributed by atoms with Crippen LogP contribution in [0.4, 0.5) is 11.4 Å². The zero-order valence-electron chi connectivity index (χ0n) is 15.9. The topological polar surface area (TPSA) is 49.9 Å². The van der Waals surface area contributed by atoms with E-state index in [1.165, 1.54) is 6.07 Å². The summed E-state index contributed by atoms with van der Waals surface area (Å²) in [5.74, 6) is -1.59. The summed E-state index contributed by atoms with van der Waals surface area (Å²) in [5, 5.41) is 2.85. The van der Waals surface area contributed by atoms with Crippen molar-refractivity contribution >= 4 is 58.0 Å². The lowest BCUT2D eigenvalue weighted by molar-refractivity contribution is -0.126. The van der Waals surface area contributed by atoms with Crippen LogP contribution in [0, 0.1) is 5.92 Å². The normalized spacial score (nSPS) is 22.9. The Morgan fingerprint density at radius 1 is 0.774 bits per heavy atom. The molecule has 3 aromatic carbocycles. The van der Waals surface area contributed by atoms with Gasteiger partial charge in [0.1, 0.15) is 5.92 Å². The van der Waals surface area contributed by atoms with Gasteiger partial charge in [0, 0.05) is 10.0 Å². The van der Waals surface area contributed by atoms with E-state index in [-0.39, 0.29) is 10.9 Å². The van der Waals surface area contributed by atoms with Crippen LogP contribution < -0.4 is 9.96 Å². The van der Waals surface area contributed by atoms with E-state index in [1.54, 1.807) is 29.3 Å². The van der Waals surface area contributed by atoms with E-state index < -0.39 is 24.0 Å². The molecule has 31 heavy (non-hydrogen) atoms. The van der Waals surface area contributed by atoms with Crippen LogP contribution in [0.3, 0.4) is 0 Å². The number of anilines is 2. The van der Waals surface area contributed by atoms with Crippen LogP contribution in [-0.2, 0) is 14.4 Å². The van der Waals surface area contributed by atoms with Crippen molar-refractivity contribution in [3.8, 4) is 0 Å². The monoisotopic (exact) mass is 472 g/mol. The maximum Gasteiger partial charge on any atom is 0.266 e. The minimum absolute atomic E-state index is 0.220. The number of amides is 2. The van der Waals surface area contributed by atoms with Gasteiger partial charge in [0.05, 0.1) is 22.4 Å². The van der Waals surface area contributed by atoms with Gasteiger partial charge >= 0.3 is 0 Å². The fourth-order valence-corrected chi connectivity index (χ4v) is 4.73. The molecule has 0 N–H and O–H groups in total. The summed E-state index contributed by atoms with van der Waals surface area (Å²) in [5.41, 5.74) is 1.85. The third kappa shape index (κ3) is 3.38. The highest BCUT2D eigenvalue weighted by Crippen LogP contribution is 2.48. The Labute approximate surface area is 193 Å². The lowest BCUT2D eigenvalue weighted by atomic mass is 9.90. The van der Waals surface area contributed by atoms with Crippen molar-refractivity contribution in [3.63, 3.8) is 0 Å². The first-order valence-corrected chi connectivity index (χ1v) is 10.7. The van der Waals surface area contributed by atoms with Crippen LogP contribution >= 0.6 is 34.8 Å². The largest absolute Gasteiger partial charge is 0.273 e. The van der Waals surface area contributed by atoms with Gasteiger partial charge in [0.15, 0.2) is 6.10 Å². The number of hydrogen-bond donors (Lipinski definition) is 0. The molecule has 2 saturated heterocycles. The number of hydrogen-bond acceptors (Lipinski definition) is 4. The van der Waals surface area contributed by atoms with Crippen LogP contribution in [0.2, 0.25) is 15.1 Å². The zero-order chi connectivity index (χ0) is 21.7. The van der Waals surface area contributed by atoms with Crippen molar-refractivity contribution in [2.45, 2.75) is 12.1 Å². The summed E-state index contributed by atoms with van der Waals surface area (Å²) in [7, 11) is 0. The molecule has 2 amide bonds. The summed E-state index contributed by atoms with van der Waals surface area (Å²) < 4.78 is 0. The molecule has 2 fully saturated rings. The predicted molar refractivity (Wildman–Crippen MR) is 120 cm³/mol. The van der Waals surface area contributed by atoms with E-state index in [0.717, 1.165) is 16.2 Å². The van der Waals surface area contributed by atoms with Gasteiger partial charge in [-0.15, -0.1) is 0 Å². The molecule has 0 bridgehead atoms. The molecule has 156 valence electrons. The van der Waals surface area contributed by atoms with Gasteiger partial charge in [0.2, 0.25) is 5.91 Å². The van der Waals surface area contributed by atoms with Crippen LogP contribution in [0.1, 0.15) is 11.6 Å². The minimum atomic E-state index is -0.972. The molecule has 5 rings (SSSR count). The molecule has 3 atom stereocenters. The minimum Gasteiger partial charge on any atom is -0.273 e. The second kappa shape index (κ2) is 7.84. The van der Waals surface area contributed by atoms with Gasteiger partial charge < -0.3 is 0 Å². The average molecular weight is 474 g/mol. The van der Waals surface area contributed by atoms with E-state index in [2.05, 4.69) is 0 Å². The number of imide groups is 1. The Hall–Kier alpha value is -2.57. The molecular weight excluding hydrogens is 459 g/mol. The van der Waals surface area contributed by atoms with E-state index in [0.29, 0.717) is 15.7 Å². The van der Waals surface area contributed by atoms with Crippen LogP contribution in [-0.4, -0.2) is 17.9 Å². The van der Waals surface area contributed by atoms with E-state index in [4.69, 9.17) is 39.6 Å². The molecule has 0 spiro atoms. The number of benzene rings is 3. The van der Waals surface area contributed by atoms with Gasteiger partial charge in [-0.05, 0) is 48.0 Å². The van der Waals surface area contributed by atoms with E-state index >= 15 is 0 Å². The maximum absolute atomic E-state index is 13.5. The van der Waals surface area contributed by atoms with Gasteiger partial charge in [0.25, 0.3) is 5.91 Å². The standard InChI is InChI=1S/C23H15Cl3N2O3/c24-14-8-6-13(7-9-14)20-19-21(31-28(20)16-4-2-1-3-5-16)23(30)27(22(19)29)18-11-10-15(25)12-17(18)26/h1-12,19-21H/t19-,20-,21-/m1/s1. The van der Waals surface area contributed by atoms with Crippen molar-refractivity contribution in [1.82, 2.24) is 0 Å². The van der Waals surface area contributed by atoms with Crippen LogP contribution in [0.5, 0.6) is 0 Å². The van der Waals surface area contributed by atoms with Crippen molar-refractivity contribution in [1.29, 1.82) is 0 Å². The van der Waals surface area contributed by atoms with Gasteiger partial charge in [-0.3, -0.25) is 14.4 Å². The Bertz CT molecular complexity index is 1170. The molecule has 8 heteroatoms. The fraction of sp³-hybridized carbons (Fsp3) is 0.130. The summed E-state index contributed by atoms with van der Waals surface area (Å²) in [6.45, 7) is 0. The molecular formula is C23H15Cl3N2O3. The van der Waals surface area contributed by atoms with Crippen molar-refractivity contribution in [2.75, 3.05) is 9.96 Å². The quantitative estimate of drug-likeness (QED) is 0.458. The highest BCUT2D eigenvalue weighted by Gasteiger charge is 2.60. The highest BCUT2D eigenvalue weighted by atomic mass is 35.5. The number of hydroxylamine groups is 1. The summed E-state index contributed by atoms with van der Waals surface area (Å²) in [6, 6.07) is 20.7. The molecule has 0 saturated carbocycles. The molecule has 2 aliphatic heterocycles. The number of carbonyl (C=O) groups is 2. The summed E-state index contributed by atoms with van der Waals surface area (Å²) >= 11 is 18.3. The second-order valence-electron chi connectivity index (χ2n) is 7.32. The molecule has 0 radical (unpaired) electrons. The Kier molecular flexibility index (Phi) is 5.15. The van der Waals surface area contributed by atoms with Crippen molar-refractivity contribution in [2.24, 2.45) is 5.92 Å². The molecule has 0 aliphatic carbocycles. The van der Waals surface area contributed by atoms with E-state index in [1.807, 2.05) is 42.5 Å². The fourth-order valence-electron chi connectivity index (χ4n) is 4.11. The molecule has 3 aromatic rings. The van der Waals surface area contributed by atoms with Crippen LogP contribution in [0.25, 0.3) is 0 Å². The second-order valence-corrected chi connectivity index (χ2v) is 8.60. The third-order valence-corrected chi connectivity index (χ3v) is 6.28. The molecule has 5 nitrogen and oxygen atoms in total. The average Bonchev–Trinajstić information content (AvgIpc) is 3.26. The first kappa shape index (κ1) is 20.3. The highest BCUT2D eigenvalue weighted by molar-refractivity contribution is 6.38. The Morgan fingerprint density at radius 3 is 2.13 bits per heavy atom. The first-order valence-electron chi connectivity index (χ1n) is 9.55. The van der Waals surface area contributed by atoms with Crippen molar-refractivity contribution < 1.29 is 14.4 Å². The molecule has 2 aliphatic rings. The first-order chi connectivity index (χ1) is 15.0. The lowest BCUT2D eigenvalue weighted by Gasteiger charge is -2.29. The smallest absolute Gasteiger partial charge is 0.266 e. The van der Waals surface area contributed by atoms with Gasteiger partial charge in [-0.2, -0.15) is 0 Å². The molecule has 2 heterocycles. The number of halogens is 3. The third-order valence-electron chi connectivity index (χ3n) is 5.49. The summed E-state index contributed by atoms with van der Waals surface area (Å²) in [6.07, 6.45) is -0.972. The van der Waals surface area contributed by atoms with Crippen molar-refractivity contribution in [3.05, 3.63) is 93.4 Å². The Morgan fingerprint density at radius 2 is 1.45 bits per heavy atom. The number of carbonyl (C=O) groups excluding carboxylic acids is 2. The number of rotatable bonds is 3. The maximum atomic E-state index is 13.5.